The molecule has 0 spiro atoms. The van der Waals surface area contributed by atoms with E-state index in [-0.39, 0.29) is 17.9 Å². The molecule has 0 aliphatic carbocycles. The maximum Gasteiger partial charge on any atom is 0.228 e. The van der Waals surface area contributed by atoms with Gasteiger partial charge in [-0.1, -0.05) is 5.92 Å². The molecular formula is C13H12ClNO2. The Balaban J connectivity index is 2.08. The largest absolute Gasteiger partial charge is 0.481 e. The minimum absolute atomic E-state index is 0.0577. The lowest BCUT2D eigenvalue weighted by molar-refractivity contribution is -0.117. The van der Waals surface area contributed by atoms with Crippen LogP contribution in [0, 0.1) is 12.3 Å². The lowest BCUT2D eigenvalue weighted by Gasteiger charge is -2.16. The SMILES string of the molecule is C#CCOc1ccc(N2CC(Cl)CC2=O)cc1. The molecule has 1 aliphatic rings. The smallest absolute Gasteiger partial charge is 0.228 e. The van der Waals surface area contributed by atoms with Crippen molar-refractivity contribution in [2.24, 2.45) is 0 Å². The number of alkyl halides is 1. The summed E-state index contributed by atoms with van der Waals surface area (Å²) in [5.74, 6) is 3.15. The van der Waals surface area contributed by atoms with Crippen LogP contribution in [0.5, 0.6) is 5.75 Å². The monoisotopic (exact) mass is 249 g/mol. The molecule has 1 heterocycles. The van der Waals surface area contributed by atoms with E-state index in [4.69, 9.17) is 22.8 Å². The molecule has 1 fully saturated rings. The fourth-order valence-corrected chi connectivity index (χ4v) is 2.03. The van der Waals surface area contributed by atoms with Crippen molar-refractivity contribution in [1.82, 2.24) is 0 Å². The molecule has 0 radical (unpaired) electrons. The molecule has 17 heavy (non-hydrogen) atoms. The minimum atomic E-state index is -0.0973. The van der Waals surface area contributed by atoms with Gasteiger partial charge >= 0.3 is 0 Å². The van der Waals surface area contributed by atoms with Gasteiger partial charge in [0.15, 0.2) is 0 Å². The van der Waals surface area contributed by atoms with Gasteiger partial charge < -0.3 is 9.64 Å². The van der Waals surface area contributed by atoms with Crippen molar-refractivity contribution >= 4 is 23.2 Å². The first kappa shape index (κ1) is 11.8. The van der Waals surface area contributed by atoms with Crippen molar-refractivity contribution in [3.05, 3.63) is 24.3 Å². The Morgan fingerprint density at radius 1 is 1.47 bits per heavy atom. The maximum absolute atomic E-state index is 11.6. The highest BCUT2D eigenvalue weighted by atomic mass is 35.5. The summed E-state index contributed by atoms with van der Waals surface area (Å²) < 4.78 is 5.26. The minimum Gasteiger partial charge on any atom is -0.481 e. The van der Waals surface area contributed by atoms with Crippen LogP contribution in [0.25, 0.3) is 0 Å². The van der Waals surface area contributed by atoms with Crippen LogP contribution in [-0.2, 0) is 4.79 Å². The maximum atomic E-state index is 11.6. The van der Waals surface area contributed by atoms with Gasteiger partial charge in [-0.15, -0.1) is 18.0 Å². The fourth-order valence-electron chi connectivity index (χ4n) is 1.76. The Hall–Kier alpha value is -1.66. The van der Waals surface area contributed by atoms with Gasteiger partial charge in [-0.25, -0.2) is 0 Å². The van der Waals surface area contributed by atoms with E-state index in [9.17, 15) is 4.79 Å². The van der Waals surface area contributed by atoms with Gasteiger partial charge in [-0.2, -0.15) is 0 Å². The number of carbonyl (C=O) groups is 1. The van der Waals surface area contributed by atoms with E-state index in [1.807, 2.05) is 12.1 Å². The number of anilines is 1. The highest BCUT2D eigenvalue weighted by Gasteiger charge is 2.28. The van der Waals surface area contributed by atoms with E-state index in [1.54, 1.807) is 17.0 Å². The number of halogens is 1. The van der Waals surface area contributed by atoms with Crippen LogP contribution in [-0.4, -0.2) is 24.4 Å². The number of benzene rings is 1. The van der Waals surface area contributed by atoms with Gasteiger partial charge in [0.25, 0.3) is 0 Å². The number of hydrogen-bond acceptors (Lipinski definition) is 2. The van der Waals surface area contributed by atoms with Gasteiger partial charge in [-0.05, 0) is 24.3 Å². The molecule has 3 nitrogen and oxygen atoms in total. The number of carbonyl (C=O) groups excluding carboxylic acids is 1. The van der Waals surface area contributed by atoms with Crippen molar-refractivity contribution in [3.63, 3.8) is 0 Å². The number of amides is 1. The van der Waals surface area contributed by atoms with Gasteiger partial charge in [0.05, 0.1) is 5.38 Å². The predicted octanol–water partition coefficient (Wildman–Crippen LogP) is 2.04. The molecule has 1 saturated heterocycles. The van der Waals surface area contributed by atoms with Crippen LogP contribution >= 0.6 is 11.6 Å². The molecule has 0 bridgehead atoms. The molecule has 1 aliphatic heterocycles. The summed E-state index contributed by atoms with van der Waals surface area (Å²) in [4.78, 5) is 13.3. The number of rotatable bonds is 3. The topological polar surface area (TPSA) is 29.5 Å². The van der Waals surface area contributed by atoms with Crippen molar-refractivity contribution in [2.45, 2.75) is 11.8 Å². The van der Waals surface area contributed by atoms with Crippen LogP contribution in [0.3, 0.4) is 0 Å². The zero-order valence-corrected chi connectivity index (χ0v) is 9.98. The van der Waals surface area contributed by atoms with Crippen molar-refractivity contribution in [3.8, 4) is 18.1 Å². The van der Waals surface area contributed by atoms with Crippen molar-refractivity contribution in [2.75, 3.05) is 18.1 Å². The molecular weight excluding hydrogens is 238 g/mol. The Bertz CT molecular complexity index is 449. The van der Waals surface area contributed by atoms with Gasteiger partial charge in [0, 0.05) is 18.7 Å². The molecule has 4 heteroatoms. The zero-order chi connectivity index (χ0) is 12.3. The van der Waals surface area contributed by atoms with Crippen LogP contribution in [0.4, 0.5) is 5.69 Å². The molecule has 0 saturated carbocycles. The predicted molar refractivity (Wildman–Crippen MR) is 67.4 cm³/mol. The van der Waals surface area contributed by atoms with E-state index in [0.29, 0.717) is 18.7 Å². The van der Waals surface area contributed by atoms with Crippen molar-refractivity contribution < 1.29 is 9.53 Å². The Labute approximate surface area is 105 Å². The highest BCUT2D eigenvalue weighted by molar-refractivity contribution is 6.24. The third-order valence-electron chi connectivity index (χ3n) is 2.55. The summed E-state index contributed by atoms with van der Waals surface area (Å²) in [6.45, 7) is 0.802. The van der Waals surface area contributed by atoms with Crippen molar-refractivity contribution in [1.29, 1.82) is 0 Å². The summed E-state index contributed by atoms with van der Waals surface area (Å²) in [5, 5.41) is -0.0973. The summed E-state index contributed by atoms with van der Waals surface area (Å²) >= 11 is 5.94. The second kappa shape index (κ2) is 5.11. The summed E-state index contributed by atoms with van der Waals surface area (Å²) in [5.41, 5.74) is 0.839. The fraction of sp³-hybridized carbons (Fsp3) is 0.308. The number of nitrogens with zero attached hydrogens (tertiary/aromatic N) is 1. The Morgan fingerprint density at radius 2 is 2.18 bits per heavy atom. The zero-order valence-electron chi connectivity index (χ0n) is 9.23. The lowest BCUT2D eigenvalue weighted by Crippen LogP contribution is -2.24. The molecule has 1 atom stereocenters. The Morgan fingerprint density at radius 3 is 2.71 bits per heavy atom. The molecule has 1 amide bonds. The van der Waals surface area contributed by atoms with E-state index >= 15 is 0 Å². The van der Waals surface area contributed by atoms with Crippen LogP contribution in [0.2, 0.25) is 0 Å². The van der Waals surface area contributed by atoms with E-state index in [1.165, 1.54) is 0 Å². The van der Waals surface area contributed by atoms with E-state index in [2.05, 4.69) is 5.92 Å². The summed E-state index contributed by atoms with van der Waals surface area (Å²) in [6.07, 6.45) is 5.50. The van der Waals surface area contributed by atoms with Crippen LogP contribution in [0.1, 0.15) is 6.42 Å². The summed E-state index contributed by atoms with van der Waals surface area (Å²) in [7, 11) is 0. The third-order valence-corrected chi connectivity index (χ3v) is 2.84. The Kier molecular flexibility index (Phi) is 3.55. The third kappa shape index (κ3) is 2.72. The van der Waals surface area contributed by atoms with Gasteiger partial charge in [-0.3, -0.25) is 4.79 Å². The highest BCUT2D eigenvalue weighted by Crippen LogP contribution is 2.25. The molecule has 0 N–H and O–H groups in total. The number of hydrogen-bond donors (Lipinski definition) is 0. The molecule has 2 rings (SSSR count). The first-order chi connectivity index (χ1) is 8.20. The number of ether oxygens (including phenoxy) is 1. The second-order valence-corrected chi connectivity index (χ2v) is 4.41. The van der Waals surface area contributed by atoms with E-state index < -0.39 is 0 Å². The van der Waals surface area contributed by atoms with Crippen LogP contribution in [0.15, 0.2) is 24.3 Å². The normalized spacial score (nSPS) is 19.2. The molecule has 0 aromatic heterocycles. The lowest BCUT2D eigenvalue weighted by atomic mass is 10.3. The second-order valence-electron chi connectivity index (χ2n) is 3.79. The quantitative estimate of drug-likeness (QED) is 0.606. The first-order valence-electron chi connectivity index (χ1n) is 5.31. The standard InChI is InChI=1S/C13H12ClNO2/c1-2-7-17-12-5-3-11(4-6-12)15-9-10(14)8-13(15)16/h1,3-6,10H,7-9H2. The van der Waals surface area contributed by atoms with Gasteiger partial charge in [0.1, 0.15) is 12.4 Å². The molecule has 1 aromatic rings. The number of terminal acetylenes is 1. The first-order valence-corrected chi connectivity index (χ1v) is 5.75. The average Bonchev–Trinajstić information content (AvgIpc) is 2.66. The average molecular weight is 250 g/mol. The molecule has 88 valence electrons. The summed E-state index contributed by atoms with van der Waals surface area (Å²) in [6, 6.07) is 7.25. The molecule has 1 unspecified atom stereocenters. The molecule has 1 aromatic carbocycles. The van der Waals surface area contributed by atoms with Gasteiger partial charge in [0.2, 0.25) is 5.91 Å². The van der Waals surface area contributed by atoms with E-state index in [0.717, 1.165) is 5.69 Å². The van der Waals surface area contributed by atoms with Crippen LogP contribution < -0.4 is 9.64 Å².